The summed E-state index contributed by atoms with van der Waals surface area (Å²) >= 11 is 3.76. The number of esters is 1. The number of allylic oxidation sites excluding steroid dienone is 1. The Bertz CT molecular complexity index is 909. The highest BCUT2D eigenvalue weighted by atomic mass is 79.9. The molecule has 3 heteroatoms. The molecule has 5 aliphatic rings. The van der Waals surface area contributed by atoms with Gasteiger partial charge in [0.2, 0.25) is 0 Å². The van der Waals surface area contributed by atoms with Crippen LogP contribution in [0.5, 0.6) is 0 Å². The summed E-state index contributed by atoms with van der Waals surface area (Å²) in [5.41, 5.74) is 3.20. The molecular weight excluding hydrogens is 508 g/mol. The standard InChI is InChI=1S/C33H53BrO2/c1-21(19-34)24-12-16-33(20-36-23(3)35)18-17-31(7)25(28(24)33)9-10-27-30(6)14-11-22(2)29(4,5)26(30)13-15-32(27,31)8/h22,24-28H,1,9-20H2,2-8H3/t22-,24-,25?,26-,27?,28+,30-,31+,32+,33+/m0/s1. The Morgan fingerprint density at radius 3 is 2.28 bits per heavy atom. The Morgan fingerprint density at radius 1 is 0.889 bits per heavy atom. The fraction of sp³-hybridized carbons (Fsp3) is 0.909. The molecule has 5 rings (SSSR count). The Hall–Kier alpha value is -0.310. The maximum Gasteiger partial charge on any atom is 0.302 e. The van der Waals surface area contributed by atoms with Crippen LogP contribution in [-0.4, -0.2) is 17.9 Å². The van der Waals surface area contributed by atoms with Crippen molar-refractivity contribution in [2.24, 2.45) is 62.6 Å². The van der Waals surface area contributed by atoms with E-state index in [-0.39, 0.29) is 11.4 Å². The van der Waals surface area contributed by atoms with Crippen LogP contribution in [0, 0.1) is 62.6 Å². The zero-order chi connectivity index (χ0) is 26.3. The monoisotopic (exact) mass is 560 g/mol. The largest absolute Gasteiger partial charge is 0.465 e. The summed E-state index contributed by atoms with van der Waals surface area (Å²) in [6, 6.07) is 0. The first-order chi connectivity index (χ1) is 16.8. The van der Waals surface area contributed by atoms with Gasteiger partial charge in [-0.25, -0.2) is 0 Å². The number of halogens is 1. The predicted octanol–water partition coefficient (Wildman–Crippen LogP) is 9.22. The molecule has 5 fully saturated rings. The number of rotatable bonds is 4. The van der Waals surface area contributed by atoms with Gasteiger partial charge in [0.15, 0.2) is 0 Å². The number of hydrogen-bond acceptors (Lipinski definition) is 2. The molecule has 0 saturated heterocycles. The van der Waals surface area contributed by atoms with Crippen molar-refractivity contribution in [2.45, 2.75) is 113 Å². The molecule has 0 bridgehead atoms. The minimum Gasteiger partial charge on any atom is -0.465 e. The highest BCUT2D eigenvalue weighted by molar-refractivity contribution is 9.09. The van der Waals surface area contributed by atoms with Crippen molar-refractivity contribution in [2.75, 3.05) is 11.9 Å². The molecule has 5 aliphatic carbocycles. The number of ether oxygens (including phenoxy) is 1. The summed E-state index contributed by atoms with van der Waals surface area (Å²) in [7, 11) is 0. The zero-order valence-electron chi connectivity index (χ0n) is 24.4. The lowest BCUT2D eigenvalue weighted by Crippen LogP contribution is -2.66. The molecule has 2 unspecified atom stereocenters. The minimum atomic E-state index is -0.115. The van der Waals surface area contributed by atoms with E-state index in [0.29, 0.717) is 46.0 Å². The van der Waals surface area contributed by atoms with E-state index in [0.717, 1.165) is 23.1 Å². The number of carbonyl (C=O) groups is 1. The van der Waals surface area contributed by atoms with Crippen molar-refractivity contribution in [3.05, 3.63) is 12.2 Å². The first-order valence-electron chi connectivity index (χ1n) is 15.1. The van der Waals surface area contributed by atoms with Crippen LogP contribution in [0.4, 0.5) is 0 Å². The van der Waals surface area contributed by atoms with Crippen molar-refractivity contribution >= 4 is 21.9 Å². The van der Waals surface area contributed by atoms with Gasteiger partial charge in [0.25, 0.3) is 0 Å². The molecule has 5 saturated carbocycles. The zero-order valence-corrected chi connectivity index (χ0v) is 25.9. The highest BCUT2D eigenvalue weighted by Gasteiger charge is 2.70. The minimum absolute atomic E-state index is 0.115. The second-order valence-corrected chi connectivity index (χ2v) is 16.1. The van der Waals surface area contributed by atoms with Crippen molar-refractivity contribution in [3.8, 4) is 0 Å². The molecule has 2 nitrogen and oxygen atoms in total. The second kappa shape index (κ2) is 8.85. The summed E-state index contributed by atoms with van der Waals surface area (Å²) in [6.07, 6.45) is 13.3. The van der Waals surface area contributed by atoms with Gasteiger partial charge in [0.05, 0.1) is 6.61 Å². The Balaban J connectivity index is 1.53. The van der Waals surface area contributed by atoms with E-state index in [1.165, 1.54) is 69.8 Å². The predicted molar refractivity (Wildman–Crippen MR) is 153 cm³/mol. The third-order valence-corrected chi connectivity index (χ3v) is 15.1. The highest BCUT2D eigenvalue weighted by Crippen LogP contribution is 2.77. The number of hydrogen-bond donors (Lipinski definition) is 0. The van der Waals surface area contributed by atoms with Crippen molar-refractivity contribution < 1.29 is 9.53 Å². The molecule has 0 spiro atoms. The Kier molecular flexibility index (Phi) is 6.70. The van der Waals surface area contributed by atoms with Gasteiger partial charge >= 0.3 is 5.97 Å². The van der Waals surface area contributed by atoms with Crippen LogP contribution in [-0.2, 0) is 9.53 Å². The fourth-order valence-corrected chi connectivity index (χ4v) is 12.4. The molecule has 0 radical (unpaired) electrons. The van der Waals surface area contributed by atoms with Crippen LogP contribution >= 0.6 is 15.9 Å². The average Bonchev–Trinajstić information content (AvgIpc) is 3.20. The molecule has 0 N–H and O–H groups in total. The first kappa shape index (κ1) is 27.3. The van der Waals surface area contributed by atoms with Gasteiger partial charge in [-0.15, -0.1) is 0 Å². The van der Waals surface area contributed by atoms with Crippen molar-refractivity contribution in [3.63, 3.8) is 0 Å². The second-order valence-electron chi connectivity index (χ2n) is 15.5. The molecule has 0 heterocycles. The van der Waals surface area contributed by atoms with E-state index >= 15 is 0 Å². The van der Waals surface area contributed by atoms with Crippen LogP contribution in [0.2, 0.25) is 0 Å². The molecule has 0 aromatic carbocycles. The molecular formula is C33H53BrO2. The molecule has 36 heavy (non-hydrogen) atoms. The molecule has 204 valence electrons. The summed E-state index contributed by atoms with van der Waals surface area (Å²) in [5.74, 6) is 4.27. The number of alkyl halides is 1. The van der Waals surface area contributed by atoms with Crippen LogP contribution in [0.25, 0.3) is 0 Å². The SMILES string of the molecule is C=C(CBr)[C@@H]1CC[C@]2(COC(C)=O)CC[C@]3(C)C(CCC4[C@@]5(C)CC[C@H](C)C(C)(C)[C@@H]5CC[C@]43C)[C@@H]12. The quantitative estimate of drug-likeness (QED) is 0.194. The van der Waals surface area contributed by atoms with Gasteiger partial charge in [-0.2, -0.15) is 0 Å². The molecule has 0 amide bonds. The molecule has 10 atom stereocenters. The molecule has 0 aromatic rings. The number of carbonyl (C=O) groups excluding carboxylic acids is 1. The Labute approximate surface area is 230 Å². The summed E-state index contributed by atoms with van der Waals surface area (Å²) < 4.78 is 5.83. The van der Waals surface area contributed by atoms with Gasteiger partial charge in [0.1, 0.15) is 0 Å². The smallest absolute Gasteiger partial charge is 0.302 e. The lowest BCUT2D eigenvalue weighted by molar-refractivity contribution is -0.244. The van der Waals surface area contributed by atoms with Crippen LogP contribution in [0.1, 0.15) is 113 Å². The fourth-order valence-electron chi connectivity index (χ4n) is 12.0. The summed E-state index contributed by atoms with van der Waals surface area (Å²) in [5, 5.41) is 0.897. The van der Waals surface area contributed by atoms with E-state index in [1.54, 1.807) is 6.92 Å². The van der Waals surface area contributed by atoms with Crippen molar-refractivity contribution in [1.82, 2.24) is 0 Å². The van der Waals surface area contributed by atoms with Crippen molar-refractivity contribution in [1.29, 1.82) is 0 Å². The lowest BCUT2D eigenvalue weighted by Gasteiger charge is -2.73. The van der Waals surface area contributed by atoms with Gasteiger partial charge in [0, 0.05) is 17.7 Å². The van der Waals surface area contributed by atoms with E-state index in [2.05, 4.69) is 64.1 Å². The van der Waals surface area contributed by atoms with Crippen LogP contribution in [0.15, 0.2) is 12.2 Å². The van der Waals surface area contributed by atoms with E-state index in [4.69, 9.17) is 4.74 Å². The third kappa shape index (κ3) is 3.55. The van der Waals surface area contributed by atoms with Crippen LogP contribution < -0.4 is 0 Å². The lowest BCUT2D eigenvalue weighted by atomic mass is 9.32. The van der Waals surface area contributed by atoms with Gasteiger partial charge in [-0.1, -0.05) is 69.6 Å². The van der Waals surface area contributed by atoms with E-state index < -0.39 is 0 Å². The molecule has 0 aromatic heterocycles. The Morgan fingerprint density at radius 2 is 1.61 bits per heavy atom. The van der Waals surface area contributed by atoms with Gasteiger partial charge in [-0.05, 0) is 121 Å². The molecule has 0 aliphatic heterocycles. The van der Waals surface area contributed by atoms with E-state index in [1.807, 2.05) is 0 Å². The van der Waals surface area contributed by atoms with Gasteiger partial charge in [-0.3, -0.25) is 4.79 Å². The topological polar surface area (TPSA) is 26.3 Å². The number of fused-ring (bicyclic) bond motifs is 7. The van der Waals surface area contributed by atoms with E-state index in [9.17, 15) is 4.79 Å². The van der Waals surface area contributed by atoms with Crippen LogP contribution in [0.3, 0.4) is 0 Å². The maximum absolute atomic E-state index is 11.9. The third-order valence-electron chi connectivity index (χ3n) is 14.4. The first-order valence-corrected chi connectivity index (χ1v) is 16.3. The maximum atomic E-state index is 11.9. The average molecular weight is 562 g/mol. The summed E-state index contributed by atoms with van der Waals surface area (Å²) in [6.45, 7) is 22.6. The normalized spacial score (nSPS) is 51.3. The summed E-state index contributed by atoms with van der Waals surface area (Å²) in [4.78, 5) is 11.9. The van der Waals surface area contributed by atoms with Gasteiger partial charge < -0.3 is 4.74 Å².